The van der Waals surface area contributed by atoms with Crippen LogP contribution < -0.4 is 0 Å². The summed E-state index contributed by atoms with van der Waals surface area (Å²) in [5.41, 5.74) is 5.21. The van der Waals surface area contributed by atoms with Gasteiger partial charge in [0.15, 0.2) is 0 Å². The van der Waals surface area contributed by atoms with E-state index in [0.717, 1.165) is 51.0 Å². The molecule has 1 atom stereocenters. The molecule has 1 aromatic heterocycles. The second-order valence-corrected chi connectivity index (χ2v) is 6.50. The molecule has 2 heterocycles. The number of piperidine rings is 1. The number of aliphatic hydroxyl groups excluding tert-OH is 1. The Hall–Kier alpha value is -1.65. The Labute approximate surface area is 131 Å². The van der Waals surface area contributed by atoms with Gasteiger partial charge in [0.25, 0.3) is 0 Å². The predicted molar refractivity (Wildman–Crippen MR) is 86.1 cm³/mol. The van der Waals surface area contributed by atoms with Gasteiger partial charge >= 0.3 is 0 Å². The summed E-state index contributed by atoms with van der Waals surface area (Å²) in [5, 5.41) is 14.8. The molecule has 116 valence electrons. The fraction of sp³-hybridized carbons (Fsp3) is 0.500. The van der Waals surface area contributed by atoms with Crippen LogP contribution >= 0.6 is 0 Å². The SMILES string of the molecule is OC1CCCN(Cc2nn(-c3ccccc3)c3c2CCC3)C1. The molecule has 4 rings (SSSR count). The van der Waals surface area contributed by atoms with Crippen LogP contribution in [0.4, 0.5) is 0 Å². The number of hydrogen-bond acceptors (Lipinski definition) is 3. The minimum atomic E-state index is -0.169. The fourth-order valence-corrected chi connectivity index (χ4v) is 3.81. The van der Waals surface area contributed by atoms with E-state index in [4.69, 9.17) is 5.10 Å². The van der Waals surface area contributed by atoms with E-state index in [2.05, 4.69) is 33.8 Å². The lowest BCUT2D eigenvalue weighted by Gasteiger charge is -2.29. The molecule has 1 saturated heterocycles. The van der Waals surface area contributed by atoms with Crippen LogP contribution in [0.1, 0.15) is 36.2 Å². The van der Waals surface area contributed by atoms with Gasteiger partial charge in [-0.05, 0) is 56.3 Å². The molecule has 4 heteroatoms. The second kappa shape index (κ2) is 5.86. The number of aliphatic hydroxyl groups is 1. The molecule has 0 radical (unpaired) electrons. The molecule has 4 nitrogen and oxygen atoms in total. The standard InChI is InChI=1S/C18H23N3O/c22-15-8-5-11-20(12-15)13-17-16-9-4-10-18(16)21(19-17)14-6-2-1-3-7-14/h1-3,6-7,15,22H,4-5,8-13H2. The van der Waals surface area contributed by atoms with Crippen LogP contribution in [-0.4, -0.2) is 39.0 Å². The van der Waals surface area contributed by atoms with Crippen molar-refractivity contribution >= 4 is 0 Å². The van der Waals surface area contributed by atoms with Crippen molar-refractivity contribution in [1.29, 1.82) is 0 Å². The average molecular weight is 297 g/mol. The van der Waals surface area contributed by atoms with Gasteiger partial charge in [-0.3, -0.25) is 4.90 Å². The minimum absolute atomic E-state index is 0.169. The number of β-amino-alcohol motifs (C(OH)–C–C–N with tert-alkyl or cyclic N) is 1. The third-order valence-electron chi connectivity index (χ3n) is 4.87. The van der Waals surface area contributed by atoms with E-state index in [9.17, 15) is 5.11 Å². The monoisotopic (exact) mass is 297 g/mol. The van der Waals surface area contributed by atoms with Gasteiger partial charge in [0.2, 0.25) is 0 Å². The van der Waals surface area contributed by atoms with Crippen molar-refractivity contribution in [3.05, 3.63) is 47.3 Å². The molecule has 0 spiro atoms. The van der Waals surface area contributed by atoms with Crippen molar-refractivity contribution in [2.75, 3.05) is 13.1 Å². The first kappa shape index (κ1) is 14.0. The van der Waals surface area contributed by atoms with Gasteiger partial charge in [0.1, 0.15) is 0 Å². The fourth-order valence-electron chi connectivity index (χ4n) is 3.81. The number of fused-ring (bicyclic) bond motifs is 1. The first-order valence-electron chi connectivity index (χ1n) is 8.37. The van der Waals surface area contributed by atoms with Crippen molar-refractivity contribution in [3.63, 3.8) is 0 Å². The van der Waals surface area contributed by atoms with E-state index in [1.165, 1.54) is 23.4 Å². The first-order valence-corrected chi connectivity index (χ1v) is 8.37. The summed E-state index contributed by atoms with van der Waals surface area (Å²) < 4.78 is 2.14. The van der Waals surface area contributed by atoms with Crippen LogP contribution in [-0.2, 0) is 19.4 Å². The number of aromatic nitrogens is 2. The molecule has 0 bridgehead atoms. The molecule has 2 aliphatic rings. The molecule has 0 saturated carbocycles. The smallest absolute Gasteiger partial charge is 0.0804 e. The molecule has 22 heavy (non-hydrogen) atoms. The molecule has 1 N–H and O–H groups in total. The molecule has 1 aliphatic heterocycles. The number of hydrogen-bond donors (Lipinski definition) is 1. The summed E-state index contributed by atoms with van der Waals surface area (Å²) in [6.07, 6.45) is 5.36. The van der Waals surface area contributed by atoms with Gasteiger partial charge in [-0.2, -0.15) is 5.10 Å². The van der Waals surface area contributed by atoms with E-state index in [0.29, 0.717) is 0 Å². The number of benzene rings is 1. The Morgan fingerprint density at radius 1 is 1.14 bits per heavy atom. The lowest BCUT2D eigenvalue weighted by Crippen LogP contribution is -2.37. The van der Waals surface area contributed by atoms with Gasteiger partial charge in [-0.1, -0.05) is 18.2 Å². The zero-order valence-electron chi connectivity index (χ0n) is 12.9. The highest BCUT2D eigenvalue weighted by Gasteiger charge is 2.25. The highest BCUT2D eigenvalue weighted by Crippen LogP contribution is 2.29. The Morgan fingerprint density at radius 2 is 2.00 bits per heavy atom. The lowest BCUT2D eigenvalue weighted by molar-refractivity contribution is 0.0660. The maximum absolute atomic E-state index is 9.87. The number of para-hydroxylation sites is 1. The summed E-state index contributed by atoms with van der Waals surface area (Å²) in [4.78, 5) is 2.35. The maximum Gasteiger partial charge on any atom is 0.0804 e. The summed E-state index contributed by atoms with van der Waals surface area (Å²) in [5.74, 6) is 0. The first-order chi connectivity index (χ1) is 10.8. The third-order valence-corrected chi connectivity index (χ3v) is 4.87. The topological polar surface area (TPSA) is 41.3 Å². The Balaban J connectivity index is 1.63. The Bertz CT molecular complexity index is 650. The maximum atomic E-state index is 9.87. The van der Waals surface area contributed by atoms with E-state index < -0.39 is 0 Å². The van der Waals surface area contributed by atoms with Crippen molar-refractivity contribution in [2.24, 2.45) is 0 Å². The number of nitrogens with zero attached hydrogens (tertiary/aromatic N) is 3. The van der Waals surface area contributed by atoms with Crippen molar-refractivity contribution in [1.82, 2.24) is 14.7 Å². The van der Waals surface area contributed by atoms with E-state index >= 15 is 0 Å². The van der Waals surface area contributed by atoms with Crippen LogP contribution in [0.5, 0.6) is 0 Å². The molecular formula is C18H23N3O. The molecule has 1 aliphatic carbocycles. The molecule has 2 aromatic rings. The normalized spacial score (nSPS) is 22.0. The quantitative estimate of drug-likeness (QED) is 0.945. The van der Waals surface area contributed by atoms with Crippen molar-refractivity contribution in [3.8, 4) is 5.69 Å². The molecular weight excluding hydrogens is 274 g/mol. The summed E-state index contributed by atoms with van der Waals surface area (Å²) in [6.45, 7) is 2.73. The van der Waals surface area contributed by atoms with Crippen LogP contribution in [0.15, 0.2) is 30.3 Å². The largest absolute Gasteiger partial charge is 0.392 e. The second-order valence-electron chi connectivity index (χ2n) is 6.50. The summed E-state index contributed by atoms with van der Waals surface area (Å²) >= 11 is 0. The van der Waals surface area contributed by atoms with Gasteiger partial charge in [-0.25, -0.2) is 4.68 Å². The van der Waals surface area contributed by atoms with Crippen LogP contribution in [0, 0.1) is 0 Å². The third kappa shape index (κ3) is 2.57. The van der Waals surface area contributed by atoms with Crippen LogP contribution in [0.2, 0.25) is 0 Å². The minimum Gasteiger partial charge on any atom is -0.392 e. The highest BCUT2D eigenvalue weighted by atomic mass is 16.3. The molecule has 1 unspecified atom stereocenters. The van der Waals surface area contributed by atoms with E-state index in [-0.39, 0.29) is 6.10 Å². The zero-order valence-corrected chi connectivity index (χ0v) is 12.9. The summed E-state index contributed by atoms with van der Waals surface area (Å²) in [7, 11) is 0. The van der Waals surface area contributed by atoms with Gasteiger partial charge in [-0.15, -0.1) is 0 Å². The molecule has 1 fully saturated rings. The molecule has 1 aromatic carbocycles. The number of rotatable bonds is 3. The summed E-state index contributed by atoms with van der Waals surface area (Å²) in [6, 6.07) is 10.4. The Morgan fingerprint density at radius 3 is 2.82 bits per heavy atom. The highest BCUT2D eigenvalue weighted by molar-refractivity contribution is 5.39. The van der Waals surface area contributed by atoms with E-state index in [1.807, 2.05) is 6.07 Å². The van der Waals surface area contributed by atoms with Gasteiger partial charge < -0.3 is 5.11 Å². The Kier molecular flexibility index (Phi) is 3.72. The predicted octanol–water partition coefficient (Wildman–Crippen LogP) is 2.32. The van der Waals surface area contributed by atoms with Crippen LogP contribution in [0.3, 0.4) is 0 Å². The average Bonchev–Trinajstić information content (AvgIpc) is 3.12. The molecule has 0 amide bonds. The van der Waals surface area contributed by atoms with Gasteiger partial charge in [0.05, 0.1) is 17.5 Å². The van der Waals surface area contributed by atoms with Crippen LogP contribution in [0.25, 0.3) is 5.69 Å². The van der Waals surface area contributed by atoms with E-state index in [1.54, 1.807) is 0 Å². The lowest BCUT2D eigenvalue weighted by atomic mass is 10.1. The van der Waals surface area contributed by atoms with Crippen molar-refractivity contribution < 1.29 is 5.11 Å². The van der Waals surface area contributed by atoms with Crippen molar-refractivity contribution in [2.45, 2.75) is 44.8 Å². The number of likely N-dealkylation sites (tertiary alicyclic amines) is 1. The zero-order chi connectivity index (χ0) is 14.9. The van der Waals surface area contributed by atoms with Gasteiger partial charge in [0, 0.05) is 18.8 Å².